The van der Waals surface area contributed by atoms with E-state index in [1.54, 1.807) is 0 Å². The van der Waals surface area contributed by atoms with E-state index in [0.717, 1.165) is 22.4 Å². The van der Waals surface area contributed by atoms with Crippen molar-refractivity contribution in [3.63, 3.8) is 0 Å². The fraction of sp³-hybridized carbons (Fsp3) is 0.500. The quantitative estimate of drug-likeness (QED) is 0.492. The molecule has 0 saturated carbocycles. The maximum Gasteiger partial charge on any atom is 0.216 e. The SMILES string of the molecule is Cc1c(CS(=O)c2nc3cc4c(cc3[nH]2)OCCO4)cccc1OCCC1(C)OCC2(CO1)OCCO2. The van der Waals surface area contributed by atoms with Crippen LogP contribution in [0, 0.1) is 6.92 Å². The molecule has 0 bridgehead atoms. The van der Waals surface area contributed by atoms with Gasteiger partial charge in [0, 0.05) is 18.6 Å². The van der Waals surface area contributed by atoms with Crippen LogP contribution in [0.25, 0.3) is 11.0 Å². The van der Waals surface area contributed by atoms with Crippen LogP contribution in [0.15, 0.2) is 35.5 Å². The molecule has 1 aromatic heterocycles. The number of nitrogens with one attached hydrogen (secondary N) is 1. The molecular formula is C26H30N2O8S. The van der Waals surface area contributed by atoms with Crippen LogP contribution in [0.3, 0.4) is 0 Å². The minimum atomic E-state index is -1.38. The predicted molar refractivity (Wildman–Crippen MR) is 133 cm³/mol. The lowest BCUT2D eigenvalue weighted by Gasteiger charge is -2.41. The van der Waals surface area contributed by atoms with E-state index < -0.39 is 22.4 Å². The van der Waals surface area contributed by atoms with Crippen LogP contribution in [-0.4, -0.2) is 72.0 Å². The number of H-pyrrole nitrogens is 1. The molecule has 0 amide bonds. The highest BCUT2D eigenvalue weighted by atomic mass is 32.2. The number of benzene rings is 2. The molecule has 2 aromatic carbocycles. The Morgan fingerprint density at radius 2 is 1.76 bits per heavy atom. The van der Waals surface area contributed by atoms with E-state index in [9.17, 15) is 4.21 Å². The molecule has 11 heteroatoms. The summed E-state index contributed by atoms with van der Waals surface area (Å²) in [6, 6.07) is 9.43. The lowest BCUT2D eigenvalue weighted by Crippen LogP contribution is -2.53. The first-order chi connectivity index (χ1) is 17.9. The van der Waals surface area contributed by atoms with Gasteiger partial charge < -0.3 is 38.1 Å². The third-order valence-electron chi connectivity index (χ3n) is 6.84. The van der Waals surface area contributed by atoms with Crippen molar-refractivity contribution in [3.8, 4) is 17.2 Å². The lowest BCUT2D eigenvalue weighted by molar-refractivity contribution is -0.358. The van der Waals surface area contributed by atoms with E-state index in [-0.39, 0.29) is 0 Å². The first-order valence-corrected chi connectivity index (χ1v) is 13.7. The molecule has 4 heterocycles. The Morgan fingerprint density at radius 1 is 1.03 bits per heavy atom. The van der Waals surface area contributed by atoms with Crippen molar-refractivity contribution in [3.05, 3.63) is 41.5 Å². The average Bonchev–Trinajstić information content (AvgIpc) is 3.54. The molecule has 37 heavy (non-hydrogen) atoms. The van der Waals surface area contributed by atoms with Gasteiger partial charge in [0.1, 0.15) is 32.2 Å². The van der Waals surface area contributed by atoms with Crippen molar-refractivity contribution in [1.82, 2.24) is 9.97 Å². The normalized spacial score (nSPS) is 20.8. The van der Waals surface area contributed by atoms with Crippen molar-refractivity contribution in [2.24, 2.45) is 0 Å². The number of aromatic nitrogens is 2. The molecule has 10 nitrogen and oxygen atoms in total. The van der Waals surface area contributed by atoms with Gasteiger partial charge in [0.05, 0.1) is 47.4 Å². The largest absolute Gasteiger partial charge is 0.493 e. The van der Waals surface area contributed by atoms with E-state index in [0.29, 0.717) is 80.6 Å². The molecule has 3 aliphatic heterocycles. The van der Waals surface area contributed by atoms with Crippen LogP contribution >= 0.6 is 0 Å². The molecule has 2 saturated heterocycles. The van der Waals surface area contributed by atoms with Gasteiger partial charge in [-0.15, -0.1) is 0 Å². The molecule has 1 N–H and O–H groups in total. The zero-order chi connectivity index (χ0) is 25.5. The predicted octanol–water partition coefficient (Wildman–Crippen LogP) is 3.23. The Labute approximate surface area is 216 Å². The van der Waals surface area contributed by atoms with Gasteiger partial charge >= 0.3 is 0 Å². The number of hydrogen-bond donors (Lipinski definition) is 1. The first kappa shape index (κ1) is 24.6. The molecule has 2 fully saturated rings. The van der Waals surface area contributed by atoms with Crippen molar-refractivity contribution in [2.45, 2.75) is 42.8 Å². The Hall–Kier alpha value is -2.70. The molecule has 1 unspecified atom stereocenters. The van der Waals surface area contributed by atoms with Gasteiger partial charge in [-0.2, -0.15) is 0 Å². The highest BCUT2D eigenvalue weighted by molar-refractivity contribution is 7.84. The lowest BCUT2D eigenvalue weighted by atomic mass is 10.1. The second-order valence-electron chi connectivity index (χ2n) is 9.50. The van der Waals surface area contributed by atoms with Gasteiger partial charge in [-0.05, 0) is 31.0 Å². The summed E-state index contributed by atoms with van der Waals surface area (Å²) in [5.74, 6) is 0.811. The Morgan fingerprint density at radius 3 is 2.51 bits per heavy atom. The molecule has 198 valence electrons. The second-order valence-corrected chi connectivity index (χ2v) is 10.9. The third-order valence-corrected chi connectivity index (χ3v) is 8.04. The summed E-state index contributed by atoms with van der Waals surface area (Å²) in [6.45, 7) is 7.03. The van der Waals surface area contributed by atoms with E-state index in [1.165, 1.54) is 0 Å². The number of ether oxygens (including phenoxy) is 7. The van der Waals surface area contributed by atoms with Crippen LogP contribution in [-0.2, 0) is 35.5 Å². The fourth-order valence-electron chi connectivity index (χ4n) is 4.58. The van der Waals surface area contributed by atoms with Gasteiger partial charge in [0.15, 0.2) is 22.4 Å². The molecule has 0 radical (unpaired) electrons. The van der Waals surface area contributed by atoms with Gasteiger partial charge in [-0.1, -0.05) is 12.1 Å². The molecular weight excluding hydrogens is 500 g/mol. The van der Waals surface area contributed by atoms with Crippen LogP contribution in [0.5, 0.6) is 17.2 Å². The minimum Gasteiger partial charge on any atom is -0.493 e. The molecule has 0 aliphatic carbocycles. The Bertz CT molecular complexity index is 1270. The summed E-state index contributed by atoms with van der Waals surface area (Å²) in [5, 5.41) is 0.413. The van der Waals surface area contributed by atoms with Crippen LogP contribution in [0.4, 0.5) is 0 Å². The van der Waals surface area contributed by atoms with E-state index in [2.05, 4.69) is 9.97 Å². The second kappa shape index (κ2) is 9.88. The number of nitrogens with zero attached hydrogens (tertiary/aromatic N) is 1. The molecule has 1 atom stereocenters. The van der Waals surface area contributed by atoms with E-state index in [4.69, 9.17) is 33.2 Å². The topological polar surface area (TPSA) is 110 Å². The van der Waals surface area contributed by atoms with Crippen LogP contribution in [0.1, 0.15) is 24.5 Å². The Balaban J connectivity index is 1.08. The molecule has 3 aromatic rings. The maximum atomic E-state index is 13.2. The fourth-order valence-corrected chi connectivity index (χ4v) is 5.73. The number of imidazole rings is 1. The monoisotopic (exact) mass is 530 g/mol. The van der Waals surface area contributed by atoms with Crippen molar-refractivity contribution >= 4 is 21.8 Å². The summed E-state index contributed by atoms with van der Waals surface area (Å²) < 4.78 is 53.7. The summed E-state index contributed by atoms with van der Waals surface area (Å²) in [5.41, 5.74) is 3.32. The van der Waals surface area contributed by atoms with Crippen molar-refractivity contribution in [1.29, 1.82) is 0 Å². The van der Waals surface area contributed by atoms with Crippen LogP contribution in [0.2, 0.25) is 0 Å². The van der Waals surface area contributed by atoms with E-state index in [1.807, 2.05) is 44.2 Å². The third kappa shape index (κ3) is 5.06. The van der Waals surface area contributed by atoms with Crippen LogP contribution < -0.4 is 14.2 Å². The number of aromatic amines is 1. The highest BCUT2D eigenvalue weighted by Crippen LogP contribution is 2.35. The summed E-state index contributed by atoms with van der Waals surface area (Å²) in [4.78, 5) is 7.71. The molecule has 1 spiro atoms. The summed E-state index contributed by atoms with van der Waals surface area (Å²) in [7, 11) is -1.38. The van der Waals surface area contributed by atoms with E-state index >= 15 is 0 Å². The molecule has 6 rings (SSSR count). The van der Waals surface area contributed by atoms with Crippen molar-refractivity contribution < 1.29 is 37.4 Å². The number of fused-ring (bicyclic) bond motifs is 2. The smallest absolute Gasteiger partial charge is 0.216 e. The van der Waals surface area contributed by atoms with Gasteiger partial charge in [0.2, 0.25) is 5.79 Å². The summed E-state index contributed by atoms with van der Waals surface area (Å²) in [6.07, 6.45) is 0.537. The molecule has 3 aliphatic rings. The van der Waals surface area contributed by atoms with Gasteiger partial charge in [-0.25, -0.2) is 4.98 Å². The van der Waals surface area contributed by atoms with Gasteiger partial charge in [-0.3, -0.25) is 4.21 Å². The van der Waals surface area contributed by atoms with Crippen molar-refractivity contribution in [2.75, 3.05) is 46.2 Å². The first-order valence-electron chi connectivity index (χ1n) is 12.4. The number of hydrogen-bond acceptors (Lipinski definition) is 9. The zero-order valence-corrected chi connectivity index (χ0v) is 21.7. The Kier molecular flexibility index (Phi) is 6.58. The highest BCUT2D eigenvalue weighted by Gasteiger charge is 2.46. The zero-order valence-electron chi connectivity index (χ0n) is 20.9. The standard InChI is InChI=1S/C26H30N2O8S/c1-17-18(14-37(29)24-27-19-12-22-23(13-20(19)28-24)32-9-8-31-22)4-3-5-21(17)30-7-6-25(2)35-15-26(16-36-25)33-10-11-34-26/h3-5,12-13H,6-11,14-16H2,1-2H3,(H,27,28). The maximum absolute atomic E-state index is 13.2. The minimum absolute atomic E-state index is 0.307. The number of rotatable bonds is 7. The van der Waals surface area contributed by atoms with Gasteiger partial charge in [0.25, 0.3) is 0 Å². The summed E-state index contributed by atoms with van der Waals surface area (Å²) >= 11 is 0. The average molecular weight is 531 g/mol.